The third kappa shape index (κ3) is 4.04. The molecule has 0 bridgehead atoms. The second-order valence-electron chi connectivity index (χ2n) is 9.95. The normalized spacial score (nSPS) is 31.4. The summed E-state index contributed by atoms with van der Waals surface area (Å²) in [5, 5.41) is 12.6. The number of aliphatic hydroxyl groups is 1. The highest BCUT2D eigenvalue weighted by Crippen LogP contribution is 2.44. The van der Waals surface area contributed by atoms with E-state index in [0.29, 0.717) is 17.9 Å². The van der Waals surface area contributed by atoms with E-state index in [1.165, 1.54) is 6.07 Å². The first kappa shape index (κ1) is 20.7. The summed E-state index contributed by atoms with van der Waals surface area (Å²) in [7, 11) is 0. The summed E-state index contributed by atoms with van der Waals surface area (Å²) < 4.78 is 15.0. The topological polar surface area (TPSA) is 72.9 Å². The largest absolute Gasteiger partial charge is 0.393 e. The van der Waals surface area contributed by atoms with Crippen molar-refractivity contribution in [2.24, 2.45) is 11.3 Å². The van der Waals surface area contributed by atoms with Crippen molar-refractivity contribution in [3.63, 3.8) is 0 Å². The number of amides is 2. The lowest BCUT2D eigenvalue weighted by atomic mass is 9.78. The maximum absolute atomic E-state index is 15.0. The van der Waals surface area contributed by atoms with Gasteiger partial charge in [0.2, 0.25) is 11.8 Å². The molecule has 0 aromatic heterocycles. The molecular weight excluding hydrogens is 397 g/mol. The van der Waals surface area contributed by atoms with Crippen LogP contribution in [0.3, 0.4) is 0 Å². The zero-order chi connectivity index (χ0) is 21.6. The summed E-state index contributed by atoms with van der Waals surface area (Å²) in [5.41, 5.74) is 0.572. The third-order valence-electron chi connectivity index (χ3n) is 7.73. The van der Waals surface area contributed by atoms with Crippen LogP contribution in [0.2, 0.25) is 0 Å². The number of hydrogen-bond acceptors (Lipinski definition) is 4. The van der Waals surface area contributed by atoms with Crippen LogP contribution < -0.4 is 10.2 Å². The molecule has 1 aromatic carbocycles. The predicted molar refractivity (Wildman–Crippen MR) is 116 cm³/mol. The predicted octanol–water partition coefficient (Wildman–Crippen LogP) is 3.30. The fourth-order valence-corrected chi connectivity index (χ4v) is 5.71. The van der Waals surface area contributed by atoms with Gasteiger partial charge in [0.15, 0.2) is 0 Å². The Balaban J connectivity index is 1.28. The van der Waals surface area contributed by atoms with Crippen LogP contribution in [-0.4, -0.2) is 53.6 Å². The monoisotopic (exact) mass is 429 g/mol. The number of likely N-dealkylation sites (tertiary alicyclic amines) is 1. The van der Waals surface area contributed by atoms with E-state index in [2.05, 4.69) is 5.32 Å². The first-order valence-electron chi connectivity index (χ1n) is 11.8. The average molecular weight is 430 g/mol. The van der Waals surface area contributed by atoms with E-state index in [-0.39, 0.29) is 35.7 Å². The zero-order valence-corrected chi connectivity index (χ0v) is 18.0. The summed E-state index contributed by atoms with van der Waals surface area (Å²) >= 11 is 0. The molecule has 4 aliphatic rings. The van der Waals surface area contributed by atoms with Gasteiger partial charge in [-0.2, -0.15) is 0 Å². The number of halogens is 1. The van der Waals surface area contributed by atoms with E-state index in [9.17, 15) is 19.1 Å². The van der Waals surface area contributed by atoms with Gasteiger partial charge in [-0.3, -0.25) is 9.59 Å². The number of benzene rings is 1. The average Bonchev–Trinajstić information content (AvgIpc) is 3.56. The number of anilines is 2. The molecule has 2 N–H and O–H groups in total. The van der Waals surface area contributed by atoms with Gasteiger partial charge in [0, 0.05) is 37.3 Å². The molecule has 2 aliphatic heterocycles. The number of hydrogen-bond donors (Lipinski definition) is 2. The molecule has 1 aromatic rings. The maximum Gasteiger partial charge on any atom is 0.230 e. The van der Waals surface area contributed by atoms with Gasteiger partial charge in [0.25, 0.3) is 0 Å². The highest BCUT2D eigenvalue weighted by atomic mass is 19.1. The molecule has 2 aliphatic carbocycles. The molecule has 2 saturated carbocycles. The Morgan fingerprint density at radius 1 is 1.10 bits per heavy atom. The van der Waals surface area contributed by atoms with Gasteiger partial charge in [0.1, 0.15) is 5.82 Å². The molecule has 168 valence electrons. The molecule has 4 fully saturated rings. The maximum atomic E-state index is 15.0. The molecule has 7 heteroatoms. The number of carbonyl (C=O) groups excluding carboxylic acids is 2. The van der Waals surface area contributed by atoms with Crippen LogP contribution in [0, 0.1) is 17.2 Å². The van der Waals surface area contributed by atoms with E-state index in [4.69, 9.17) is 0 Å². The zero-order valence-electron chi connectivity index (χ0n) is 18.0. The number of rotatable bonds is 4. The van der Waals surface area contributed by atoms with Crippen LogP contribution in [0.25, 0.3) is 0 Å². The minimum Gasteiger partial charge on any atom is -0.393 e. The quantitative estimate of drug-likeness (QED) is 0.770. The molecule has 0 unspecified atom stereocenters. The molecule has 2 heterocycles. The van der Waals surface area contributed by atoms with Crippen LogP contribution >= 0.6 is 0 Å². The van der Waals surface area contributed by atoms with Crippen molar-refractivity contribution in [3.8, 4) is 0 Å². The SMILES string of the molecule is O=C(Nc1ccc(N2CCC[C@@]3(CCN([C@H]4CC[C@H](O)CC4)C3=O)C2)c(F)c1)C1CC1. The number of piperidine rings is 1. The van der Waals surface area contributed by atoms with Crippen LogP contribution in [0.4, 0.5) is 15.8 Å². The third-order valence-corrected chi connectivity index (χ3v) is 7.73. The van der Waals surface area contributed by atoms with E-state index in [1.54, 1.807) is 12.1 Å². The Bertz CT molecular complexity index is 866. The fraction of sp³-hybridized carbons (Fsp3) is 0.667. The standard InChI is InChI=1S/C24H32FN3O3/c25-20-14-17(26-22(30)16-2-3-16)4-9-21(20)27-12-1-10-24(15-27)11-13-28(23(24)31)18-5-7-19(29)8-6-18/h4,9,14,16,18-19,29H,1-3,5-8,10-13,15H2,(H,26,30)/t18-,19-,24-/m1/s1. The van der Waals surface area contributed by atoms with Crippen molar-refractivity contribution in [1.29, 1.82) is 0 Å². The number of nitrogens with one attached hydrogen (secondary N) is 1. The summed E-state index contributed by atoms with van der Waals surface area (Å²) in [6, 6.07) is 5.12. The van der Waals surface area contributed by atoms with Gasteiger partial charge in [-0.1, -0.05) is 0 Å². The van der Waals surface area contributed by atoms with E-state index in [1.807, 2.05) is 9.80 Å². The van der Waals surface area contributed by atoms with Gasteiger partial charge < -0.3 is 20.2 Å². The second-order valence-corrected chi connectivity index (χ2v) is 9.95. The van der Waals surface area contributed by atoms with Crippen LogP contribution in [0.15, 0.2) is 18.2 Å². The number of aliphatic hydroxyl groups excluding tert-OH is 1. The number of carbonyl (C=O) groups is 2. The summed E-state index contributed by atoms with van der Waals surface area (Å²) in [6.45, 7) is 2.04. The first-order chi connectivity index (χ1) is 14.9. The molecule has 2 saturated heterocycles. The molecule has 31 heavy (non-hydrogen) atoms. The lowest BCUT2D eigenvalue weighted by Crippen LogP contribution is -2.50. The highest BCUT2D eigenvalue weighted by Gasteiger charge is 2.50. The summed E-state index contributed by atoms with van der Waals surface area (Å²) in [4.78, 5) is 29.5. The highest BCUT2D eigenvalue weighted by molar-refractivity contribution is 5.94. The molecule has 0 radical (unpaired) electrons. The van der Waals surface area contributed by atoms with E-state index < -0.39 is 5.41 Å². The van der Waals surface area contributed by atoms with E-state index >= 15 is 0 Å². The van der Waals surface area contributed by atoms with Crippen molar-refractivity contribution in [2.75, 3.05) is 29.9 Å². The molecule has 5 rings (SSSR count). The molecule has 1 spiro atoms. The first-order valence-corrected chi connectivity index (χ1v) is 11.8. The Labute approximate surface area is 182 Å². The molecule has 1 atom stereocenters. The Hall–Kier alpha value is -2.15. The van der Waals surface area contributed by atoms with E-state index in [0.717, 1.165) is 70.9 Å². The molecular formula is C24H32FN3O3. The fourth-order valence-electron chi connectivity index (χ4n) is 5.71. The smallest absolute Gasteiger partial charge is 0.230 e. The van der Waals surface area contributed by atoms with Crippen molar-refractivity contribution in [2.45, 2.75) is 69.9 Å². The van der Waals surface area contributed by atoms with Gasteiger partial charge in [-0.25, -0.2) is 4.39 Å². The summed E-state index contributed by atoms with van der Waals surface area (Å²) in [5.74, 6) is -0.0917. The molecule has 6 nitrogen and oxygen atoms in total. The minimum atomic E-state index is -0.431. The van der Waals surface area contributed by atoms with Crippen LogP contribution in [0.1, 0.15) is 57.8 Å². The van der Waals surface area contributed by atoms with Gasteiger partial charge in [-0.05, 0) is 76.0 Å². The van der Waals surface area contributed by atoms with Crippen LogP contribution in [-0.2, 0) is 9.59 Å². The second kappa shape index (κ2) is 8.08. The Morgan fingerprint density at radius 2 is 1.87 bits per heavy atom. The van der Waals surface area contributed by atoms with Crippen molar-refractivity contribution >= 4 is 23.2 Å². The lowest BCUT2D eigenvalue weighted by Gasteiger charge is -2.41. The minimum absolute atomic E-state index is 0.0315. The van der Waals surface area contributed by atoms with Crippen molar-refractivity contribution < 1.29 is 19.1 Å². The number of nitrogens with zero attached hydrogens (tertiary/aromatic N) is 2. The van der Waals surface area contributed by atoms with Crippen molar-refractivity contribution in [3.05, 3.63) is 24.0 Å². The van der Waals surface area contributed by atoms with Gasteiger partial charge in [-0.15, -0.1) is 0 Å². The van der Waals surface area contributed by atoms with Crippen LogP contribution in [0.5, 0.6) is 0 Å². The van der Waals surface area contributed by atoms with Gasteiger partial charge >= 0.3 is 0 Å². The van der Waals surface area contributed by atoms with Crippen molar-refractivity contribution in [1.82, 2.24) is 4.90 Å². The molecule has 2 amide bonds. The Morgan fingerprint density at radius 3 is 2.58 bits per heavy atom. The summed E-state index contributed by atoms with van der Waals surface area (Å²) in [6.07, 6.45) is 7.40. The lowest BCUT2D eigenvalue weighted by molar-refractivity contribution is -0.139. The Kier molecular flexibility index (Phi) is 5.40. The van der Waals surface area contributed by atoms with Gasteiger partial charge in [0.05, 0.1) is 17.2 Å².